The zero-order valence-corrected chi connectivity index (χ0v) is 16.2. The van der Waals surface area contributed by atoms with Crippen LogP contribution in [0.15, 0.2) is 55.1 Å². The summed E-state index contributed by atoms with van der Waals surface area (Å²) in [7, 11) is 0. The number of allylic oxidation sites excluding steroid dienone is 1. The number of hydrogen-bond acceptors (Lipinski definition) is 1. The van der Waals surface area contributed by atoms with Gasteiger partial charge in [0.1, 0.15) is 5.82 Å². The molecule has 0 saturated heterocycles. The number of hydrogen-bond donors (Lipinski definition) is 0. The van der Waals surface area contributed by atoms with Crippen LogP contribution in [0.5, 0.6) is 5.75 Å². The second-order valence-corrected chi connectivity index (χ2v) is 6.61. The summed E-state index contributed by atoms with van der Waals surface area (Å²) in [5, 5.41) is -0.797. The number of fused-ring (bicyclic) bond motifs is 1. The molecule has 0 aliphatic heterocycles. The predicted octanol–water partition coefficient (Wildman–Crippen LogP) is 7.54. The topological polar surface area (TPSA) is 9.23 Å². The maximum absolute atomic E-state index is 14.9. The highest BCUT2D eigenvalue weighted by molar-refractivity contribution is 5.91. The Labute approximate surface area is 171 Å². The van der Waals surface area contributed by atoms with Crippen LogP contribution >= 0.6 is 0 Å². The Hall–Kier alpha value is -3.15. The van der Waals surface area contributed by atoms with Gasteiger partial charge in [0.05, 0.1) is 12.0 Å². The lowest BCUT2D eigenvalue weighted by molar-refractivity contribution is 0.315. The molecule has 0 radical (unpaired) electrons. The second-order valence-electron chi connectivity index (χ2n) is 6.61. The molecule has 6 heteroatoms. The molecule has 3 aromatic carbocycles. The minimum Gasteiger partial charge on any atom is -0.491 e. The summed E-state index contributed by atoms with van der Waals surface area (Å²) < 4.78 is 77.8. The van der Waals surface area contributed by atoms with Crippen molar-refractivity contribution in [2.45, 2.75) is 19.8 Å². The molecule has 3 rings (SSSR count). The fourth-order valence-corrected chi connectivity index (χ4v) is 3.12. The third kappa shape index (κ3) is 4.08. The van der Waals surface area contributed by atoms with E-state index in [1.165, 1.54) is 18.2 Å². The summed E-state index contributed by atoms with van der Waals surface area (Å²) in [6.07, 6.45) is 3.18. The minimum atomic E-state index is -1.52. The number of halogens is 5. The van der Waals surface area contributed by atoms with E-state index < -0.39 is 40.1 Å². The molecule has 0 unspecified atom stereocenters. The van der Waals surface area contributed by atoms with E-state index in [2.05, 4.69) is 6.58 Å². The van der Waals surface area contributed by atoms with Crippen molar-refractivity contribution in [2.24, 2.45) is 0 Å². The maximum Gasteiger partial charge on any atom is 0.201 e. The molecule has 0 aromatic heterocycles. The van der Waals surface area contributed by atoms with E-state index in [-0.39, 0.29) is 23.3 Å². The van der Waals surface area contributed by atoms with E-state index in [9.17, 15) is 22.0 Å². The highest BCUT2D eigenvalue weighted by Crippen LogP contribution is 2.36. The van der Waals surface area contributed by atoms with Crippen molar-refractivity contribution < 1.29 is 26.7 Å². The zero-order valence-electron chi connectivity index (χ0n) is 16.2. The summed E-state index contributed by atoms with van der Waals surface area (Å²) in [4.78, 5) is 0. The van der Waals surface area contributed by atoms with Crippen molar-refractivity contribution >= 4 is 22.4 Å². The Morgan fingerprint density at radius 2 is 1.63 bits per heavy atom. The van der Waals surface area contributed by atoms with Gasteiger partial charge in [0.25, 0.3) is 0 Å². The van der Waals surface area contributed by atoms with Crippen LogP contribution in [0.25, 0.3) is 22.4 Å². The van der Waals surface area contributed by atoms with Crippen molar-refractivity contribution in [3.63, 3.8) is 0 Å². The molecule has 0 amide bonds. The van der Waals surface area contributed by atoms with Crippen molar-refractivity contribution in [2.75, 3.05) is 6.61 Å². The normalized spacial score (nSPS) is 12.1. The first-order valence-corrected chi connectivity index (χ1v) is 9.37. The molecule has 0 fully saturated rings. The predicted molar refractivity (Wildman–Crippen MR) is 109 cm³/mol. The van der Waals surface area contributed by atoms with E-state index >= 15 is 0 Å². The van der Waals surface area contributed by atoms with Gasteiger partial charge in [-0.05, 0) is 42.8 Å². The fraction of sp³-hybridized carbons (Fsp3) is 0.167. The molecule has 0 bridgehead atoms. The van der Waals surface area contributed by atoms with Crippen LogP contribution in [0, 0.1) is 17.5 Å². The molecule has 1 nitrogen and oxygen atoms in total. The van der Waals surface area contributed by atoms with Gasteiger partial charge in [0.2, 0.25) is 5.82 Å². The average molecular weight is 418 g/mol. The van der Waals surface area contributed by atoms with Crippen LogP contribution in [0.1, 0.15) is 30.0 Å². The third-order valence-electron chi connectivity index (χ3n) is 4.66. The number of aryl methyl sites for hydroxylation is 1. The summed E-state index contributed by atoms with van der Waals surface area (Å²) in [5.41, 5.74) is 0.0253. The smallest absolute Gasteiger partial charge is 0.201 e. The summed E-state index contributed by atoms with van der Waals surface area (Å²) in [6.45, 7) is 5.29. The Morgan fingerprint density at radius 3 is 2.27 bits per heavy atom. The molecule has 0 aliphatic carbocycles. The largest absolute Gasteiger partial charge is 0.491 e. The average Bonchev–Trinajstić information content (AvgIpc) is 2.75. The van der Waals surface area contributed by atoms with E-state index in [0.29, 0.717) is 6.42 Å². The first kappa shape index (κ1) is 21.6. The van der Waals surface area contributed by atoms with Gasteiger partial charge in [-0.25, -0.2) is 17.6 Å². The van der Waals surface area contributed by atoms with Gasteiger partial charge in [-0.15, -0.1) is 6.58 Å². The first-order chi connectivity index (χ1) is 14.4. The van der Waals surface area contributed by atoms with Gasteiger partial charge in [-0.1, -0.05) is 36.4 Å². The molecule has 0 spiro atoms. The molecule has 0 saturated carbocycles. The summed E-state index contributed by atoms with van der Waals surface area (Å²) in [5.74, 6) is -7.47. The Kier molecular flexibility index (Phi) is 6.55. The lowest BCUT2D eigenvalue weighted by atomic mass is 10.0. The summed E-state index contributed by atoms with van der Waals surface area (Å²) >= 11 is 0. The fourth-order valence-electron chi connectivity index (χ4n) is 3.12. The maximum atomic E-state index is 14.9. The van der Waals surface area contributed by atoms with Gasteiger partial charge in [0.15, 0.2) is 23.2 Å². The van der Waals surface area contributed by atoms with Gasteiger partial charge < -0.3 is 4.74 Å². The van der Waals surface area contributed by atoms with Crippen molar-refractivity contribution in [3.8, 4) is 5.75 Å². The van der Waals surface area contributed by atoms with Crippen molar-refractivity contribution in [1.82, 2.24) is 0 Å². The summed E-state index contributed by atoms with van der Waals surface area (Å²) in [6, 6.07) is 9.30. The first-order valence-electron chi connectivity index (χ1n) is 9.37. The Balaban J connectivity index is 2.06. The van der Waals surface area contributed by atoms with Crippen LogP contribution in [0.4, 0.5) is 22.0 Å². The highest BCUT2D eigenvalue weighted by atomic mass is 19.2. The van der Waals surface area contributed by atoms with Crippen LogP contribution in [-0.2, 0) is 6.42 Å². The van der Waals surface area contributed by atoms with Crippen molar-refractivity contribution in [1.29, 1.82) is 0 Å². The Bertz CT molecular complexity index is 1120. The third-order valence-corrected chi connectivity index (χ3v) is 4.66. The number of ether oxygens (including phenoxy) is 1. The molecule has 0 N–H and O–H groups in total. The number of benzene rings is 3. The Morgan fingerprint density at radius 1 is 0.933 bits per heavy atom. The lowest BCUT2D eigenvalue weighted by Gasteiger charge is -2.11. The molecule has 0 atom stereocenters. The van der Waals surface area contributed by atoms with E-state index in [0.717, 1.165) is 24.1 Å². The molecule has 0 aliphatic rings. The van der Waals surface area contributed by atoms with E-state index in [1.807, 2.05) is 0 Å². The lowest BCUT2D eigenvalue weighted by Crippen LogP contribution is -2.00. The van der Waals surface area contributed by atoms with Gasteiger partial charge in [0, 0.05) is 11.1 Å². The molecular formula is C24H19F5O. The standard InChI is InChI=1S/C24H19F5O/c1-3-5-6-14-7-9-15(10-8-14)20(25)22(27)17-12-11-16-13-18(30-4-2)23(28)24(29)19(16)21(17)26/h3,7-13H,1,4-6H2,2H3. The van der Waals surface area contributed by atoms with Crippen LogP contribution in [-0.4, -0.2) is 6.61 Å². The van der Waals surface area contributed by atoms with Gasteiger partial charge >= 0.3 is 0 Å². The minimum absolute atomic E-state index is 0.0293. The van der Waals surface area contributed by atoms with Crippen molar-refractivity contribution in [3.05, 3.63) is 89.3 Å². The van der Waals surface area contributed by atoms with E-state index in [4.69, 9.17) is 4.74 Å². The SMILES string of the molecule is C=CCCc1ccc(C(F)=C(F)c2ccc3cc(OCC)c(F)c(F)c3c2F)cc1. The highest BCUT2D eigenvalue weighted by Gasteiger charge is 2.23. The molecule has 3 aromatic rings. The molecule has 156 valence electrons. The molecular weight excluding hydrogens is 399 g/mol. The second kappa shape index (κ2) is 9.11. The van der Waals surface area contributed by atoms with Gasteiger partial charge in [-0.3, -0.25) is 0 Å². The quantitative estimate of drug-likeness (QED) is 0.219. The van der Waals surface area contributed by atoms with E-state index in [1.54, 1.807) is 25.1 Å². The number of rotatable bonds is 7. The zero-order chi connectivity index (χ0) is 21.8. The van der Waals surface area contributed by atoms with Crippen LogP contribution in [0.2, 0.25) is 0 Å². The molecule has 0 heterocycles. The molecule has 30 heavy (non-hydrogen) atoms. The monoisotopic (exact) mass is 418 g/mol. The van der Waals surface area contributed by atoms with Crippen LogP contribution < -0.4 is 4.74 Å². The van der Waals surface area contributed by atoms with Gasteiger partial charge in [-0.2, -0.15) is 4.39 Å². The van der Waals surface area contributed by atoms with Crippen LogP contribution in [0.3, 0.4) is 0 Å².